The fraction of sp³-hybridized carbons (Fsp3) is 0.273. The van der Waals surface area contributed by atoms with Crippen LogP contribution in [0.15, 0.2) is 36.0 Å². The predicted octanol–water partition coefficient (Wildman–Crippen LogP) is 1.51. The first-order valence-corrected chi connectivity index (χ1v) is 4.46. The number of hydrogen-bond donors (Lipinski definition) is 1. The highest BCUT2D eigenvalue weighted by Crippen LogP contribution is 2.15. The van der Waals surface area contributed by atoms with Gasteiger partial charge >= 0.3 is 6.03 Å². The van der Waals surface area contributed by atoms with Crippen LogP contribution in [0.25, 0.3) is 0 Å². The zero-order valence-electron chi connectivity index (χ0n) is 8.58. The van der Waals surface area contributed by atoms with Crippen molar-refractivity contribution < 1.29 is 4.79 Å². The van der Waals surface area contributed by atoms with E-state index in [2.05, 4.69) is 11.9 Å². The van der Waals surface area contributed by atoms with Crippen molar-refractivity contribution >= 4 is 6.03 Å². The van der Waals surface area contributed by atoms with Gasteiger partial charge in [-0.25, -0.2) is 4.79 Å². The average Bonchev–Trinajstić information content (AvgIpc) is 2.16. The van der Waals surface area contributed by atoms with Crippen LogP contribution < -0.4 is 5.32 Å². The molecule has 1 aliphatic rings. The molecule has 0 aliphatic heterocycles. The van der Waals surface area contributed by atoms with Crippen molar-refractivity contribution in [3.63, 3.8) is 0 Å². The van der Waals surface area contributed by atoms with Gasteiger partial charge in [-0.15, -0.1) is 0 Å². The number of nitrogens with zero attached hydrogens (tertiary/aromatic N) is 1. The SMILES string of the molecule is C=C1[CH]C=CC=C1CNC(=O)N(C)C. The fourth-order valence-corrected chi connectivity index (χ4v) is 1.06. The van der Waals surface area contributed by atoms with E-state index in [1.165, 1.54) is 4.90 Å². The summed E-state index contributed by atoms with van der Waals surface area (Å²) in [6, 6.07) is -0.0896. The Morgan fingerprint density at radius 1 is 1.50 bits per heavy atom. The third-order valence-electron chi connectivity index (χ3n) is 1.95. The van der Waals surface area contributed by atoms with E-state index in [1.807, 2.05) is 24.6 Å². The monoisotopic (exact) mass is 191 g/mol. The summed E-state index contributed by atoms with van der Waals surface area (Å²) < 4.78 is 0. The Hall–Kier alpha value is -1.51. The maximum absolute atomic E-state index is 11.2. The summed E-state index contributed by atoms with van der Waals surface area (Å²) in [6.45, 7) is 4.40. The van der Waals surface area contributed by atoms with Gasteiger partial charge in [-0.3, -0.25) is 0 Å². The molecule has 0 bridgehead atoms. The normalized spacial score (nSPS) is 15.0. The van der Waals surface area contributed by atoms with E-state index in [-0.39, 0.29) is 6.03 Å². The maximum atomic E-state index is 11.2. The van der Waals surface area contributed by atoms with Crippen molar-refractivity contribution in [2.75, 3.05) is 20.6 Å². The molecule has 0 aromatic heterocycles. The first kappa shape index (κ1) is 10.6. The van der Waals surface area contributed by atoms with Crippen LogP contribution in [0.4, 0.5) is 4.79 Å². The molecule has 0 atom stereocenters. The van der Waals surface area contributed by atoms with Gasteiger partial charge in [0.25, 0.3) is 0 Å². The Morgan fingerprint density at radius 3 is 2.79 bits per heavy atom. The van der Waals surface area contributed by atoms with E-state index >= 15 is 0 Å². The van der Waals surface area contributed by atoms with E-state index in [0.29, 0.717) is 6.54 Å². The van der Waals surface area contributed by atoms with Crippen LogP contribution >= 0.6 is 0 Å². The van der Waals surface area contributed by atoms with Crippen molar-refractivity contribution in [3.8, 4) is 0 Å². The Morgan fingerprint density at radius 2 is 2.21 bits per heavy atom. The number of amides is 2. The van der Waals surface area contributed by atoms with E-state index in [4.69, 9.17) is 0 Å². The lowest BCUT2D eigenvalue weighted by molar-refractivity contribution is 0.218. The molecule has 0 unspecified atom stereocenters. The molecule has 1 aliphatic carbocycles. The van der Waals surface area contributed by atoms with Crippen molar-refractivity contribution in [1.82, 2.24) is 10.2 Å². The number of allylic oxidation sites excluding steroid dienone is 3. The minimum absolute atomic E-state index is 0.0896. The topological polar surface area (TPSA) is 32.3 Å². The molecule has 2 amide bonds. The van der Waals surface area contributed by atoms with E-state index < -0.39 is 0 Å². The van der Waals surface area contributed by atoms with Gasteiger partial charge in [0.2, 0.25) is 0 Å². The number of hydrogen-bond acceptors (Lipinski definition) is 1. The van der Waals surface area contributed by atoms with Crippen LogP contribution in [0, 0.1) is 6.42 Å². The number of nitrogens with one attached hydrogen (secondary N) is 1. The van der Waals surface area contributed by atoms with E-state index in [0.717, 1.165) is 11.1 Å². The number of carbonyl (C=O) groups excluding carboxylic acids is 1. The van der Waals surface area contributed by atoms with Gasteiger partial charge < -0.3 is 10.2 Å². The summed E-state index contributed by atoms with van der Waals surface area (Å²) in [6.07, 6.45) is 7.75. The van der Waals surface area contributed by atoms with Gasteiger partial charge in [0.15, 0.2) is 0 Å². The quantitative estimate of drug-likeness (QED) is 0.705. The zero-order chi connectivity index (χ0) is 10.6. The molecule has 1 rings (SSSR count). The van der Waals surface area contributed by atoms with Crippen LogP contribution in [-0.4, -0.2) is 31.6 Å². The molecule has 0 aromatic rings. The van der Waals surface area contributed by atoms with Crippen LogP contribution in [0.3, 0.4) is 0 Å². The summed E-state index contributed by atoms with van der Waals surface area (Å²) in [5.41, 5.74) is 1.99. The summed E-state index contributed by atoms with van der Waals surface area (Å²) >= 11 is 0. The zero-order valence-corrected chi connectivity index (χ0v) is 8.58. The number of urea groups is 1. The Labute approximate surface area is 84.8 Å². The summed E-state index contributed by atoms with van der Waals surface area (Å²) in [5.74, 6) is 0. The molecule has 3 nitrogen and oxygen atoms in total. The van der Waals surface area contributed by atoms with Gasteiger partial charge in [0, 0.05) is 27.1 Å². The van der Waals surface area contributed by atoms with Crippen LogP contribution in [0.5, 0.6) is 0 Å². The van der Waals surface area contributed by atoms with E-state index in [1.54, 1.807) is 14.1 Å². The first-order chi connectivity index (χ1) is 6.61. The van der Waals surface area contributed by atoms with Gasteiger partial charge in [-0.1, -0.05) is 24.8 Å². The summed E-state index contributed by atoms with van der Waals surface area (Å²) in [4.78, 5) is 12.7. The highest BCUT2D eigenvalue weighted by atomic mass is 16.2. The molecule has 1 radical (unpaired) electrons. The standard InChI is InChI=1S/C11H15N2O/c1-9-6-4-5-7-10(9)8-12-11(14)13(2)3/h4-7H,1,8H2,2-3H3,(H,12,14). The Kier molecular flexibility index (Phi) is 3.51. The van der Waals surface area contributed by atoms with Crippen molar-refractivity contribution in [2.45, 2.75) is 0 Å². The second kappa shape index (κ2) is 4.65. The molecule has 0 spiro atoms. The number of rotatable bonds is 2. The largest absolute Gasteiger partial charge is 0.334 e. The maximum Gasteiger partial charge on any atom is 0.317 e. The van der Waals surface area contributed by atoms with Crippen molar-refractivity contribution in [3.05, 3.63) is 42.4 Å². The van der Waals surface area contributed by atoms with Crippen LogP contribution in [0.2, 0.25) is 0 Å². The smallest absolute Gasteiger partial charge is 0.317 e. The molecule has 0 saturated carbocycles. The Bertz CT molecular complexity index is 300. The number of carbonyl (C=O) groups is 1. The van der Waals surface area contributed by atoms with Gasteiger partial charge in [-0.2, -0.15) is 0 Å². The molecule has 75 valence electrons. The fourth-order valence-electron chi connectivity index (χ4n) is 1.06. The average molecular weight is 191 g/mol. The molecule has 14 heavy (non-hydrogen) atoms. The van der Waals surface area contributed by atoms with E-state index in [9.17, 15) is 4.79 Å². The van der Waals surface area contributed by atoms with Gasteiger partial charge in [-0.05, 0) is 11.1 Å². The molecule has 0 fully saturated rings. The molecule has 1 N–H and O–H groups in total. The lowest BCUT2D eigenvalue weighted by atomic mass is 10.00. The molecule has 0 heterocycles. The predicted molar refractivity (Wildman–Crippen MR) is 57.7 cm³/mol. The van der Waals surface area contributed by atoms with Gasteiger partial charge in [0.1, 0.15) is 0 Å². The van der Waals surface area contributed by atoms with Crippen LogP contribution in [-0.2, 0) is 0 Å². The lowest BCUT2D eigenvalue weighted by Gasteiger charge is -2.15. The lowest BCUT2D eigenvalue weighted by Crippen LogP contribution is -2.35. The second-order valence-corrected chi connectivity index (χ2v) is 3.32. The van der Waals surface area contributed by atoms with Crippen molar-refractivity contribution in [1.29, 1.82) is 0 Å². The summed E-state index contributed by atoms with van der Waals surface area (Å²) in [5, 5.41) is 2.79. The van der Waals surface area contributed by atoms with Crippen LogP contribution in [0.1, 0.15) is 0 Å². The molecular formula is C11H15N2O. The first-order valence-electron chi connectivity index (χ1n) is 4.46. The van der Waals surface area contributed by atoms with Crippen molar-refractivity contribution in [2.24, 2.45) is 0 Å². The third-order valence-corrected chi connectivity index (χ3v) is 1.95. The second-order valence-electron chi connectivity index (χ2n) is 3.32. The molecule has 3 heteroatoms. The van der Waals surface area contributed by atoms with Gasteiger partial charge in [0.05, 0.1) is 0 Å². The highest BCUT2D eigenvalue weighted by Gasteiger charge is 2.07. The molecule has 0 aromatic carbocycles. The molecular weight excluding hydrogens is 176 g/mol. The minimum Gasteiger partial charge on any atom is -0.334 e. The Balaban J connectivity index is 2.45. The summed E-state index contributed by atoms with van der Waals surface area (Å²) in [7, 11) is 3.43. The third kappa shape index (κ3) is 2.76. The molecule has 0 saturated heterocycles. The highest BCUT2D eigenvalue weighted by molar-refractivity contribution is 5.74. The minimum atomic E-state index is -0.0896.